The van der Waals surface area contributed by atoms with Crippen molar-refractivity contribution in [3.05, 3.63) is 82.0 Å². The van der Waals surface area contributed by atoms with Crippen LogP contribution in [0.3, 0.4) is 0 Å². The molecule has 2 saturated heterocycles. The molecule has 0 radical (unpaired) electrons. The fraction of sp³-hybridized carbons (Fsp3) is 0.375. The molecule has 8 nitrogen and oxygen atoms in total. The number of benzene rings is 2. The summed E-state index contributed by atoms with van der Waals surface area (Å²) in [5.74, 6) is -0.227. The van der Waals surface area contributed by atoms with Gasteiger partial charge in [-0.15, -0.1) is 11.3 Å². The molecule has 1 saturated carbocycles. The lowest BCUT2D eigenvalue weighted by Crippen LogP contribution is -2.52. The third kappa shape index (κ3) is 5.55. The third-order valence-corrected chi connectivity index (χ3v) is 9.51. The maximum atomic E-state index is 15.2. The van der Waals surface area contributed by atoms with Gasteiger partial charge in [0.1, 0.15) is 12.4 Å². The molecule has 0 spiro atoms. The van der Waals surface area contributed by atoms with E-state index in [9.17, 15) is 14.4 Å². The summed E-state index contributed by atoms with van der Waals surface area (Å²) in [5, 5.41) is 7.99. The largest absolute Gasteiger partial charge is 0.341 e. The zero-order valence-electron chi connectivity index (χ0n) is 23.7. The Labute approximate surface area is 248 Å². The SMILES string of the molecule is Cc1ccsc1NC(=O)NC1N=C(c2ccccc2F)c2cccc(C)c2N(CC(=O)N2CC3CCC(CC3)C2)C1=O. The first kappa shape index (κ1) is 28.1. The fourth-order valence-corrected chi connectivity index (χ4v) is 7.15. The molecule has 3 aliphatic heterocycles. The lowest BCUT2D eigenvalue weighted by atomic mass is 9.84. The Bertz CT molecular complexity index is 1550. The van der Waals surface area contributed by atoms with Crippen LogP contribution in [0.25, 0.3) is 0 Å². The highest BCUT2D eigenvalue weighted by Gasteiger charge is 2.38. The second-order valence-corrected chi connectivity index (χ2v) is 12.4. The van der Waals surface area contributed by atoms with E-state index >= 15 is 4.39 Å². The summed E-state index contributed by atoms with van der Waals surface area (Å²) in [6.45, 7) is 4.92. The maximum absolute atomic E-state index is 15.2. The number of para-hydroxylation sites is 1. The maximum Gasteiger partial charge on any atom is 0.321 e. The van der Waals surface area contributed by atoms with E-state index in [4.69, 9.17) is 0 Å². The van der Waals surface area contributed by atoms with Crippen LogP contribution in [0, 0.1) is 31.5 Å². The molecule has 218 valence electrons. The van der Waals surface area contributed by atoms with Crippen LogP contribution in [0.2, 0.25) is 0 Å². The Morgan fingerprint density at radius 3 is 2.31 bits per heavy atom. The summed E-state index contributed by atoms with van der Waals surface area (Å²) >= 11 is 1.36. The van der Waals surface area contributed by atoms with Crippen LogP contribution < -0.4 is 15.5 Å². The molecular weight excluding hydrogens is 553 g/mol. The number of nitrogens with one attached hydrogen (secondary N) is 2. The van der Waals surface area contributed by atoms with Crippen molar-refractivity contribution in [1.29, 1.82) is 0 Å². The van der Waals surface area contributed by atoms with Crippen molar-refractivity contribution in [1.82, 2.24) is 10.2 Å². The molecule has 2 bridgehead atoms. The van der Waals surface area contributed by atoms with E-state index < -0.39 is 23.9 Å². The van der Waals surface area contributed by atoms with Gasteiger partial charge >= 0.3 is 6.03 Å². The zero-order valence-corrected chi connectivity index (χ0v) is 24.5. The van der Waals surface area contributed by atoms with Gasteiger partial charge in [-0.1, -0.05) is 30.3 Å². The molecule has 7 rings (SSSR count). The highest BCUT2D eigenvalue weighted by molar-refractivity contribution is 7.14. The number of urea groups is 1. The Morgan fingerprint density at radius 1 is 0.952 bits per heavy atom. The number of aryl methyl sites for hydroxylation is 2. The average molecular weight is 588 g/mol. The van der Waals surface area contributed by atoms with Crippen molar-refractivity contribution in [3.63, 3.8) is 0 Å². The Morgan fingerprint density at radius 2 is 1.64 bits per heavy atom. The standard InChI is InChI=1S/C32H34FN5O3S/c1-19-6-5-8-24-27(23-7-3-4-9-25(23)33)34-29(35-32(41)36-30-20(2)14-15-42-30)31(40)38(28(19)24)18-26(39)37-16-21-10-11-22(17-37)13-12-21/h3-9,14-15,21-22,29H,10-13,16-18H2,1-2H3,(H2,35,36,41). The quantitative estimate of drug-likeness (QED) is 0.414. The first-order valence-corrected chi connectivity index (χ1v) is 15.3. The van der Waals surface area contributed by atoms with Gasteiger partial charge in [0.15, 0.2) is 0 Å². The van der Waals surface area contributed by atoms with Crippen molar-refractivity contribution < 1.29 is 18.8 Å². The summed E-state index contributed by atoms with van der Waals surface area (Å²) in [4.78, 5) is 49.2. The van der Waals surface area contributed by atoms with Gasteiger partial charge in [0.05, 0.1) is 16.4 Å². The van der Waals surface area contributed by atoms with Crippen molar-refractivity contribution in [2.24, 2.45) is 16.8 Å². The number of hydrogen-bond donors (Lipinski definition) is 2. The van der Waals surface area contributed by atoms with E-state index in [1.54, 1.807) is 24.3 Å². The van der Waals surface area contributed by atoms with Crippen LogP contribution in [-0.2, 0) is 9.59 Å². The molecule has 10 heteroatoms. The molecule has 1 aliphatic carbocycles. The fourth-order valence-electron chi connectivity index (χ4n) is 6.34. The monoisotopic (exact) mass is 587 g/mol. The van der Waals surface area contributed by atoms with E-state index in [0.717, 1.165) is 36.8 Å². The van der Waals surface area contributed by atoms with Gasteiger partial charge in [-0.25, -0.2) is 14.2 Å². The molecular formula is C32H34FN5O3S. The van der Waals surface area contributed by atoms with E-state index in [0.29, 0.717) is 41.2 Å². The van der Waals surface area contributed by atoms with E-state index in [1.807, 2.05) is 42.3 Å². The summed E-state index contributed by atoms with van der Waals surface area (Å²) in [6, 6.07) is 12.9. The minimum atomic E-state index is -1.39. The Balaban J connectivity index is 1.39. The van der Waals surface area contributed by atoms with Crippen LogP contribution in [0.4, 0.5) is 19.9 Å². The lowest BCUT2D eigenvalue weighted by Gasteiger charge is -2.30. The number of halogens is 1. The van der Waals surface area contributed by atoms with Gasteiger partial charge < -0.3 is 10.2 Å². The molecule has 4 heterocycles. The third-order valence-electron chi connectivity index (χ3n) is 8.58. The number of carbonyl (C=O) groups excluding carboxylic acids is 3. The van der Waals surface area contributed by atoms with Gasteiger partial charge in [0.25, 0.3) is 5.91 Å². The molecule has 2 N–H and O–H groups in total. The number of amides is 4. The Hall–Kier alpha value is -4.05. The molecule has 4 aliphatic rings. The highest BCUT2D eigenvalue weighted by atomic mass is 32.1. The van der Waals surface area contributed by atoms with Crippen molar-refractivity contribution in [2.75, 3.05) is 29.9 Å². The number of fused-ring (bicyclic) bond motifs is 5. The highest BCUT2D eigenvalue weighted by Crippen LogP contribution is 2.35. The van der Waals surface area contributed by atoms with Gasteiger partial charge in [-0.05, 0) is 86.1 Å². The molecule has 4 amide bonds. The predicted octanol–water partition coefficient (Wildman–Crippen LogP) is 5.48. The smallest absolute Gasteiger partial charge is 0.321 e. The molecule has 1 atom stereocenters. The van der Waals surface area contributed by atoms with Crippen LogP contribution in [0.15, 0.2) is 58.9 Å². The summed E-state index contributed by atoms with van der Waals surface area (Å²) in [5.41, 5.74) is 3.09. The van der Waals surface area contributed by atoms with Crippen LogP contribution in [-0.4, -0.2) is 54.3 Å². The molecule has 3 aromatic rings. The second kappa shape index (κ2) is 11.7. The lowest BCUT2D eigenvalue weighted by molar-refractivity contribution is -0.132. The summed E-state index contributed by atoms with van der Waals surface area (Å²) in [6.07, 6.45) is 3.13. The first-order chi connectivity index (χ1) is 20.3. The first-order valence-electron chi connectivity index (χ1n) is 14.4. The minimum Gasteiger partial charge on any atom is -0.341 e. The average Bonchev–Trinajstić information content (AvgIpc) is 3.13. The molecule has 42 heavy (non-hydrogen) atoms. The molecule has 3 fully saturated rings. The zero-order chi connectivity index (χ0) is 29.4. The van der Waals surface area contributed by atoms with Crippen LogP contribution in [0.5, 0.6) is 0 Å². The van der Waals surface area contributed by atoms with E-state index in [-0.39, 0.29) is 23.7 Å². The number of hydrogen-bond acceptors (Lipinski definition) is 5. The van der Waals surface area contributed by atoms with E-state index in [1.165, 1.54) is 22.3 Å². The number of aliphatic imine (C=N–C) groups is 1. The van der Waals surface area contributed by atoms with Crippen molar-refractivity contribution in [3.8, 4) is 0 Å². The molecule has 1 unspecified atom stereocenters. The van der Waals surface area contributed by atoms with Gasteiger partial charge in [0, 0.05) is 24.2 Å². The Kier molecular flexibility index (Phi) is 7.81. The predicted molar refractivity (Wildman–Crippen MR) is 163 cm³/mol. The van der Waals surface area contributed by atoms with Crippen LogP contribution >= 0.6 is 11.3 Å². The number of carbonyl (C=O) groups is 3. The van der Waals surface area contributed by atoms with Crippen molar-refractivity contribution >= 4 is 45.6 Å². The molecule has 1 aromatic heterocycles. The number of thiophene rings is 1. The summed E-state index contributed by atoms with van der Waals surface area (Å²) in [7, 11) is 0. The van der Waals surface area contributed by atoms with Crippen LogP contribution in [0.1, 0.15) is 47.9 Å². The summed E-state index contributed by atoms with van der Waals surface area (Å²) < 4.78 is 15.2. The van der Waals surface area contributed by atoms with E-state index in [2.05, 4.69) is 15.6 Å². The second-order valence-electron chi connectivity index (χ2n) is 11.5. The number of nitrogens with zero attached hydrogens (tertiary/aromatic N) is 3. The van der Waals surface area contributed by atoms with Crippen molar-refractivity contribution in [2.45, 2.75) is 45.7 Å². The number of benzodiazepines with no additional fused rings is 1. The minimum absolute atomic E-state index is 0.136. The topological polar surface area (TPSA) is 94.1 Å². The number of rotatable bonds is 5. The van der Waals surface area contributed by atoms with Gasteiger partial charge in [0.2, 0.25) is 12.1 Å². The van der Waals surface area contributed by atoms with Gasteiger partial charge in [-0.2, -0.15) is 0 Å². The number of anilines is 2. The molecule has 2 aromatic carbocycles. The normalized spacial score (nSPS) is 21.7. The van der Waals surface area contributed by atoms with Gasteiger partial charge in [-0.3, -0.25) is 19.8 Å².